The van der Waals surface area contributed by atoms with Crippen molar-refractivity contribution in [1.82, 2.24) is 0 Å². The first kappa shape index (κ1) is 12.7. The van der Waals surface area contributed by atoms with Crippen molar-refractivity contribution in [2.24, 2.45) is 0 Å². The fraction of sp³-hybridized carbons (Fsp3) is 0.214. The molecule has 1 aromatic carbocycles. The first-order chi connectivity index (χ1) is 8.47. The van der Waals surface area contributed by atoms with Crippen LogP contribution in [0.4, 0.5) is 5.69 Å². The van der Waals surface area contributed by atoms with Gasteiger partial charge in [-0.1, -0.05) is 17.7 Å². The summed E-state index contributed by atoms with van der Waals surface area (Å²) in [6.07, 6.45) is 0. The summed E-state index contributed by atoms with van der Waals surface area (Å²) in [6.45, 7) is 5.95. The lowest BCUT2D eigenvalue weighted by Gasteiger charge is -2.11. The van der Waals surface area contributed by atoms with Crippen LogP contribution in [0.5, 0.6) is 0 Å². The minimum atomic E-state index is -0.294. The Labute approximate surface area is 111 Å². The summed E-state index contributed by atoms with van der Waals surface area (Å²) in [7, 11) is 0. The number of anilines is 1. The van der Waals surface area contributed by atoms with E-state index in [0.29, 0.717) is 0 Å². The number of hydrogen-bond donors (Lipinski definition) is 1. The summed E-state index contributed by atoms with van der Waals surface area (Å²) in [5, 5.41) is 3.05. The topological polar surface area (TPSA) is 42.2 Å². The minimum absolute atomic E-state index is 0.206. The van der Waals surface area contributed by atoms with Gasteiger partial charge in [0.1, 0.15) is 0 Å². The van der Waals surface area contributed by atoms with E-state index in [1.54, 1.807) is 12.1 Å². The Kier molecular flexibility index (Phi) is 3.43. The van der Waals surface area contributed by atoms with Crippen LogP contribution in [0.25, 0.3) is 0 Å². The lowest BCUT2D eigenvalue weighted by Crippen LogP contribution is -2.13. The van der Waals surface area contributed by atoms with Crippen LogP contribution in [0.15, 0.2) is 28.7 Å². The molecule has 2 rings (SSSR count). The van der Waals surface area contributed by atoms with E-state index in [1.807, 2.05) is 32.9 Å². The second-order valence-corrected chi connectivity index (χ2v) is 4.70. The predicted molar refractivity (Wildman–Crippen MR) is 72.3 cm³/mol. The van der Waals surface area contributed by atoms with Crippen LogP contribution in [-0.4, -0.2) is 5.91 Å². The molecule has 0 saturated carbocycles. The van der Waals surface area contributed by atoms with Crippen LogP contribution in [0.2, 0.25) is 5.22 Å². The molecule has 0 bridgehead atoms. The number of nitrogens with one attached hydrogen (secondary N) is 1. The monoisotopic (exact) mass is 263 g/mol. The Morgan fingerprint density at radius 3 is 2.28 bits per heavy atom. The molecule has 0 aliphatic rings. The summed E-state index contributed by atoms with van der Waals surface area (Å²) in [6, 6.07) is 7.15. The van der Waals surface area contributed by atoms with Gasteiger partial charge in [0.25, 0.3) is 5.91 Å². The number of rotatable bonds is 2. The normalized spacial score (nSPS) is 10.4. The molecule has 1 aromatic heterocycles. The Morgan fingerprint density at radius 2 is 1.78 bits per heavy atom. The molecule has 1 heterocycles. The van der Waals surface area contributed by atoms with Gasteiger partial charge in [-0.25, -0.2) is 0 Å². The van der Waals surface area contributed by atoms with Gasteiger partial charge < -0.3 is 9.73 Å². The van der Waals surface area contributed by atoms with Gasteiger partial charge in [-0.3, -0.25) is 4.79 Å². The van der Waals surface area contributed by atoms with Gasteiger partial charge in [0.2, 0.25) is 0 Å². The van der Waals surface area contributed by atoms with Crippen LogP contribution in [0.1, 0.15) is 27.2 Å². The number of halogens is 1. The van der Waals surface area contributed by atoms with Crippen molar-refractivity contribution in [3.63, 3.8) is 0 Å². The maximum atomic E-state index is 12.0. The van der Waals surface area contributed by atoms with Crippen molar-refractivity contribution in [1.29, 1.82) is 0 Å². The van der Waals surface area contributed by atoms with Gasteiger partial charge in [0.05, 0.1) is 0 Å². The first-order valence-electron chi connectivity index (χ1n) is 5.62. The third-order valence-corrected chi connectivity index (χ3v) is 2.92. The zero-order valence-electron chi connectivity index (χ0n) is 10.5. The number of amides is 1. The Morgan fingerprint density at radius 1 is 1.17 bits per heavy atom. The number of benzene rings is 1. The SMILES string of the molecule is Cc1cc(C)c(NC(=O)c2ccc(Cl)o2)c(C)c1. The number of carbonyl (C=O) groups excluding carboxylic acids is 1. The average Bonchev–Trinajstić information content (AvgIpc) is 2.70. The van der Waals surface area contributed by atoms with E-state index in [9.17, 15) is 4.79 Å². The molecule has 94 valence electrons. The molecule has 2 aromatic rings. The van der Waals surface area contributed by atoms with Crippen LogP contribution < -0.4 is 5.32 Å². The van der Waals surface area contributed by atoms with E-state index in [2.05, 4.69) is 5.32 Å². The third kappa shape index (κ3) is 2.57. The van der Waals surface area contributed by atoms with Gasteiger partial charge in [-0.05, 0) is 55.6 Å². The number of furan rings is 1. The molecule has 0 spiro atoms. The van der Waals surface area contributed by atoms with Crippen LogP contribution in [0.3, 0.4) is 0 Å². The maximum Gasteiger partial charge on any atom is 0.291 e. The predicted octanol–water partition coefficient (Wildman–Crippen LogP) is 4.11. The first-order valence-corrected chi connectivity index (χ1v) is 5.99. The third-order valence-electron chi connectivity index (χ3n) is 2.71. The van der Waals surface area contributed by atoms with E-state index >= 15 is 0 Å². The summed E-state index contributed by atoms with van der Waals surface area (Å²) in [4.78, 5) is 12.0. The average molecular weight is 264 g/mol. The molecule has 1 N–H and O–H groups in total. The van der Waals surface area contributed by atoms with Gasteiger partial charge in [0, 0.05) is 5.69 Å². The number of aryl methyl sites for hydroxylation is 3. The van der Waals surface area contributed by atoms with E-state index in [0.717, 1.165) is 16.8 Å². The van der Waals surface area contributed by atoms with Crippen molar-refractivity contribution < 1.29 is 9.21 Å². The molecule has 0 saturated heterocycles. The molecule has 0 atom stereocenters. The maximum absolute atomic E-state index is 12.0. The highest BCUT2D eigenvalue weighted by Crippen LogP contribution is 2.23. The zero-order chi connectivity index (χ0) is 13.3. The van der Waals surface area contributed by atoms with Gasteiger partial charge in [0.15, 0.2) is 11.0 Å². The Balaban J connectivity index is 2.27. The summed E-state index contributed by atoms with van der Waals surface area (Å²) >= 11 is 5.64. The summed E-state index contributed by atoms with van der Waals surface area (Å²) < 4.78 is 5.07. The Hall–Kier alpha value is -1.74. The molecule has 3 nitrogen and oxygen atoms in total. The van der Waals surface area contributed by atoms with Crippen molar-refractivity contribution >= 4 is 23.2 Å². The fourth-order valence-electron chi connectivity index (χ4n) is 1.99. The molecule has 0 unspecified atom stereocenters. The van der Waals surface area contributed by atoms with Crippen molar-refractivity contribution in [3.8, 4) is 0 Å². The van der Waals surface area contributed by atoms with E-state index in [4.69, 9.17) is 16.0 Å². The summed E-state index contributed by atoms with van der Waals surface area (Å²) in [5.41, 5.74) is 4.04. The Bertz CT molecular complexity index is 579. The van der Waals surface area contributed by atoms with Gasteiger partial charge in [-0.2, -0.15) is 0 Å². The van der Waals surface area contributed by atoms with Crippen molar-refractivity contribution in [2.75, 3.05) is 5.32 Å². The smallest absolute Gasteiger partial charge is 0.291 e. The second-order valence-electron chi connectivity index (χ2n) is 4.33. The molecule has 0 aliphatic heterocycles. The van der Waals surface area contributed by atoms with Gasteiger partial charge in [-0.15, -0.1) is 0 Å². The lowest BCUT2D eigenvalue weighted by molar-refractivity contribution is 0.0996. The molecule has 0 fully saturated rings. The number of carbonyl (C=O) groups is 1. The largest absolute Gasteiger partial charge is 0.440 e. The molecular formula is C14H14ClNO2. The molecule has 1 amide bonds. The molecule has 0 radical (unpaired) electrons. The highest BCUT2D eigenvalue weighted by molar-refractivity contribution is 6.29. The lowest BCUT2D eigenvalue weighted by atomic mass is 10.1. The second kappa shape index (κ2) is 4.86. The van der Waals surface area contributed by atoms with Gasteiger partial charge >= 0.3 is 0 Å². The van der Waals surface area contributed by atoms with Crippen molar-refractivity contribution in [3.05, 3.63) is 51.9 Å². The summed E-state index contributed by atoms with van der Waals surface area (Å²) in [5.74, 6) is -0.0867. The van der Waals surface area contributed by atoms with E-state index in [1.165, 1.54) is 5.56 Å². The zero-order valence-corrected chi connectivity index (χ0v) is 11.3. The van der Waals surface area contributed by atoms with Crippen LogP contribution in [-0.2, 0) is 0 Å². The highest BCUT2D eigenvalue weighted by Gasteiger charge is 2.13. The standard InChI is InChI=1S/C14H14ClNO2/c1-8-6-9(2)13(10(3)7-8)16-14(17)11-4-5-12(15)18-11/h4-7H,1-3H3,(H,16,17). The fourth-order valence-corrected chi connectivity index (χ4v) is 2.13. The molecule has 18 heavy (non-hydrogen) atoms. The minimum Gasteiger partial charge on any atom is -0.440 e. The van der Waals surface area contributed by atoms with E-state index in [-0.39, 0.29) is 16.9 Å². The van der Waals surface area contributed by atoms with E-state index < -0.39 is 0 Å². The van der Waals surface area contributed by atoms with Crippen molar-refractivity contribution in [2.45, 2.75) is 20.8 Å². The molecular weight excluding hydrogens is 250 g/mol. The van der Waals surface area contributed by atoms with Crippen LogP contribution >= 0.6 is 11.6 Å². The van der Waals surface area contributed by atoms with Crippen LogP contribution in [0, 0.1) is 20.8 Å². The number of hydrogen-bond acceptors (Lipinski definition) is 2. The molecule has 0 aliphatic carbocycles. The highest BCUT2D eigenvalue weighted by atomic mass is 35.5. The quantitative estimate of drug-likeness (QED) is 0.886. The molecule has 4 heteroatoms.